The van der Waals surface area contributed by atoms with Crippen LogP contribution in [0, 0.1) is 13.8 Å². The first-order valence-corrected chi connectivity index (χ1v) is 9.00. The Hall–Kier alpha value is -3.15. The van der Waals surface area contributed by atoms with E-state index in [1.165, 1.54) is 0 Å². The summed E-state index contributed by atoms with van der Waals surface area (Å²) in [7, 11) is 0. The predicted octanol–water partition coefficient (Wildman–Crippen LogP) is 2.43. The number of amides is 3. The summed E-state index contributed by atoms with van der Waals surface area (Å²) in [6.45, 7) is 4.56. The molecule has 2 aromatic carbocycles. The van der Waals surface area contributed by atoms with Crippen LogP contribution in [0.3, 0.4) is 0 Å². The number of carbonyl (C=O) groups is 3. The van der Waals surface area contributed by atoms with Gasteiger partial charge >= 0.3 is 0 Å². The van der Waals surface area contributed by atoms with Gasteiger partial charge in [-0.3, -0.25) is 25.2 Å². The molecule has 0 unspecified atom stereocenters. The van der Waals surface area contributed by atoms with E-state index in [4.69, 9.17) is 0 Å². The highest BCUT2D eigenvalue weighted by atomic mass is 16.2. The molecule has 2 N–H and O–H groups in total. The van der Waals surface area contributed by atoms with Gasteiger partial charge in [-0.25, -0.2) is 0 Å². The van der Waals surface area contributed by atoms with Crippen LogP contribution in [0.2, 0.25) is 0 Å². The average molecular weight is 365 g/mol. The number of benzene rings is 2. The maximum Gasteiger partial charge on any atom is 0.269 e. The Morgan fingerprint density at radius 2 is 1.78 bits per heavy atom. The molecule has 0 aliphatic carbocycles. The zero-order valence-corrected chi connectivity index (χ0v) is 15.5. The molecule has 27 heavy (non-hydrogen) atoms. The van der Waals surface area contributed by atoms with Gasteiger partial charge in [0.1, 0.15) is 0 Å². The molecule has 1 fully saturated rings. The normalized spacial score (nSPS) is 13.6. The molecule has 1 saturated heterocycles. The second kappa shape index (κ2) is 8.03. The first-order valence-electron chi connectivity index (χ1n) is 9.00. The minimum Gasteiger partial charge on any atom is -0.312 e. The molecule has 2 aromatic rings. The van der Waals surface area contributed by atoms with Crippen LogP contribution in [0.25, 0.3) is 0 Å². The highest BCUT2D eigenvalue weighted by Gasteiger charge is 2.21. The second-order valence-corrected chi connectivity index (χ2v) is 6.81. The van der Waals surface area contributed by atoms with Gasteiger partial charge in [-0.15, -0.1) is 0 Å². The van der Waals surface area contributed by atoms with Crippen LogP contribution in [0.4, 0.5) is 5.69 Å². The van der Waals surface area contributed by atoms with E-state index in [9.17, 15) is 14.4 Å². The SMILES string of the molecule is Cc1ccc(C(=O)NNC(=O)Cc2ccc(N3CCCC3=O)cc2)c(C)c1. The highest BCUT2D eigenvalue weighted by Crippen LogP contribution is 2.21. The summed E-state index contributed by atoms with van der Waals surface area (Å²) >= 11 is 0. The smallest absolute Gasteiger partial charge is 0.269 e. The molecule has 1 heterocycles. The molecule has 0 spiro atoms. The lowest BCUT2D eigenvalue weighted by Crippen LogP contribution is -2.42. The van der Waals surface area contributed by atoms with Crippen LogP contribution in [-0.4, -0.2) is 24.3 Å². The van der Waals surface area contributed by atoms with Crippen LogP contribution in [0.1, 0.15) is 39.9 Å². The van der Waals surface area contributed by atoms with Gasteiger partial charge in [-0.1, -0.05) is 29.8 Å². The quantitative estimate of drug-likeness (QED) is 0.817. The van der Waals surface area contributed by atoms with Crippen LogP contribution < -0.4 is 15.8 Å². The van der Waals surface area contributed by atoms with Crippen molar-refractivity contribution >= 4 is 23.4 Å². The monoisotopic (exact) mass is 365 g/mol. The minimum atomic E-state index is -0.344. The Balaban J connectivity index is 1.53. The van der Waals surface area contributed by atoms with Gasteiger partial charge in [0.05, 0.1) is 6.42 Å². The lowest BCUT2D eigenvalue weighted by molar-refractivity contribution is -0.121. The van der Waals surface area contributed by atoms with Gasteiger partial charge in [0.15, 0.2) is 0 Å². The molecule has 0 saturated carbocycles. The van der Waals surface area contributed by atoms with Crippen molar-refractivity contribution in [3.63, 3.8) is 0 Å². The molecule has 140 valence electrons. The Morgan fingerprint density at radius 3 is 2.41 bits per heavy atom. The van der Waals surface area contributed by atoms with E-state index in [1.807, 2.05) is 50.2 Å². The Morgan fingerprint density at radius 1 is 1.04 bits per heavy atom. The van der Waals surface area contributed by atoms with E-state index in [2.05, 4.69) is 10.9 Å². The number of carbonyl (C=O) groups excluding carboxylic acids is 3. The average Bonchev–Trinajstić information content (AvgIpc) is 3.06. The molecule has 0 radical (unpaired) electrons. The second-order valence-electron chi connectivity index (χ2n) is 6.81. The van der Waals surface area contributed by atoms with Crippen LogP contribution in [0.5, 0.6) is 0 Å². The summed E-state index contributed by atoms with van der Waals surface area (Å²) in [6, 6.07) is 12.9. The first-order chi connectivity index (χ1) is 12.9. The number of rotatable bonds is 4. The van der Waals surface area contributed by atoms with Crippen molar-refractivity contribution in [1.82, 2.24) is 10.9 Å². The van der Waals surface area contributed by atoms with Gasteiger partial charge in [0, 0.05) is 24.2 Å². The van der Waals surface area contributed by atoms with E-state index in [0.717, 1.165) is 35.3 Å². The van der Waals surface area contributed by atoms with Crippen molar-refractivity contribution in [3.05, 3.63) is 64.7 Å². The zero-order chi connectivity index (χ0) is 19.4. The fourth-order valence-corrected chi connectivity index (χ4v) is 3.21. The third-order valence-electron chi connectivity index (χ3n) is 4.63. The molecule has 0 atom stereocenters. The largest absolute Gasteiger partial charge is 0.312 e. The van der Waals surface area contributed by atoms with E-state index in [1.54, 1.807) is 11.0 Å². The lowest BCUT2D eigenvalue weighted by atomic mass is 10.1. The molecule has 3 rings (SSSR count). The standard InChI is InChI=1S/C21H23N3O3/c1-14-5-10-18(15(2)12-14)21(27)23-22-19(25)13-16-6-8-17(9-7-16)24-11-3-4-20(24)26/h5-10,12H,3-4,11,13H2,1-2H3,(H,22,25)(H,23,27). The summed E-state index contributed by atoms with van der Waals surface area (Å²) in [4.78, 5) is 37.8. The molecule has 0 aromatic heterocycles. The summed E-state index contributed by atoms with van der Waals surface area (Å²) in [5.41, 5.74) is 9.02. The molecule has 6 nitrogen and oxygen atoms in total. The third-order valence-corrected chi connectivity index (χ3v) is 4.63. The van der Waals surface area contributed by atoms with Crippen molar-refractivity contribution in [3.8, 4) is 0 Å². The topological polar surface area (TPSA) is 78.5 Å². The van der Waals surface area contributed by atoms with Gasteiger partial charge in [0.2, 0.25) is 11.8 Å². The van der Waals surface area contributed by atoms with Gasteiger partial charge in [-0.05, 0) is 49.6 Å². The van der Waals surface area contributed by atoms with Gasteiger partial charge in [0.25, 0.3) is 5.91 Å². The van der Waals surface area contributed by atoms with E-state index >= 15 is 0 Å². The molecule has 3 amide bonds. The van der Waals surface area contributed by atoms with E-state index in [0.29, 0.717) is 12.0 Å². The first kappa shape index (κ1) is 18.6. The summed E-state index contributed by atoms with van der Waals surface area (Å²) in [5, 5.41) is 0. The molecular weight excluding hydrogens is 342 g/mol. The number of nitrogens with zero attached hydrogens (tertiary/aromatic N) is 1. The number of anilines is 1. The number of aryl methyl sites for hydroxylation is 2. The fraction of sp³-hybridized carbons (Fsp3) is 0.286. The van der Waals surface area contributed by atoms with Crippen molar-refractivity contribution in [1.29, 1.82) is 0 Å². The summed E-state index contributed by atoms with van der Waals surface area (Å²) in [5.74, 6) is -0.517. The van der Waals surface area contributed by atoms with Gasteiger partial charge in [-0.2, -0.15) is 0 Å². The third kappa shape index (κ3) is 4.53. The lowest BCUT2D eigenvalue weighted by Gasteiger charge is -2.16. The molecule has 1 aliphatic heterocycles. The molecule has 1 aliphatic rings. The Labute approximate surface area is 158 Å². The Kier molecular flexibility index (Phi) is 5.54. The molecule has 0 bridgehead atoms. The van der Waals surface area contributed by atoms with Crippen LogP contribution >= 0.6 is 0 Å². The Bertz CT molecular complexity index is 875. The minimum absolute atomic E-state index is 0.134. The van der Waals surface area contributed by atoms with E-state index in [-0.39, 0.29) is 24.1 Å². The fourth-order valence-electron chi connectivity index (χ4n) is 3.21. The summed E-state index contributed by atoms with van der Waals surface area (Å²) < 4.78 is 0. The molecule has 6 heteroatoms. The van der Waals surface area contributed by atoms with Crippen molar-refractivity contribution in [2.75, 3.05) is 11.4 Å². The van der Waals surface area contributed by atoms with Crippen molar-refractivity contribution in [2.24, 2.45) is 0 Å². The molecular formula is C21H23N3O3. The number of hydrogen-bond donors (Lipinski definition) is 2. The number of hydrazine groups is 1. The highest BCUT2D eigenvalue weighted by molar-refractivity contribution is 5.97. The van der Waals surface area contributed by atoms with E-state index < -0.39 is 0 Å². The van der Waals surface area contributed by atoms with Gasteiger partial charge < -0.3 is 4.90 Å². The maximum atomic E-state index is 12.2. The number of hydrogen-bond acceptors (Lipinski definition) is 3. The van der Waals surface area contributed by atoms with Crippen molar-refractivity contribution < 1.29 is 14.4 Å². The van der Waals surface area contributed by atoms with Crippen LogP contribution in [0.15, 0.2) is 42.5 Å². The van der Waals surface area contributed by atoms with Crippen molar-refractivity contribution in [2.45, 2.75) is 33.1 Å². The summed E-state index contributed by atoms with van der Waals surface area (Å²) in [6.07, 6.45) is 1.61. The van der Waals surface area contributed by atoms with Crippen LogP contribution in [-0.2, 0) is 16.0 Å². The predicted molar refractivity (Wildman–Crippen MR) is 103 cm³/mol. The maximum absolute atomic E-state index is 12.2. The number of nitrogens with one attached hydrogen (secondary N) is 2. The zero-order valence-electron chi connectivity index (χ0n) is 15.5.